The minimum Gasteiger partial charge on any atom is -0.357 e. The van der Waals surface area contributed by atoms with Crippen molar-refractivity contribution in [1.82, 2.24) is 20.0 Å². The van der Waals surface area contributed by atoms with Crippen molar-refractivity contribution in [3.8, 4) is 0 Å². The Hall–Kier alpha value is -2.78. The monoisotopic (exact) mass is 410 g/mol. The molecule has 2 heterocycles. The van der Waals surface area contributed by atoms with E-state index >= 15 is 0 Å². The normalized spacial score (nSPS) is 12.4. The van der Waals surface area contributed by atoms with Gasteiger partial charge in [-0.25, -0.2) is 13.8 Å². The van der Waals surface area contributed by atoms with E-state index in [1.165, 1.54) is 36.6 Å². The summed E-state index contributed by atoms with van der Waals surface area (Å²) in [6.07, 6.45) is 4.39. The molecule has 0 radical (unpaired) electrons. The number of hydrogen-bond donors (Lipinski definition) is 2. The Morgan fingerprint density at radius 3 is 2.81 bits per heavy atom. The number of benzene rings is 1. The number of imidazole rings is 1. The second-order valence-corrected chi connectivity index (χ2v) is 6.64. The van der Waals surface area contributed by atoms with Crippen LogP contribution >= 0.6 is 22.9 Å². The summed E-state index contributed by atoms with van der Waals surface area (Å²) in [5, 5.41) is 6.88. The van der Waals surface area contributed by atoms with Crippen LogP contribution in [0.3, 0.4) is 0 Å². The summed E-state index contributed by atoms with van der Waals surface area (Å²) in [6.45, 7) is 0. The molecular weight excluding hydrogens is 398 g/mol. The number of carbonyl (C=O) groups is 2. The van der Waals surface area contributed by atoms with Gasteiger partial charge in [0.2, 0.25) is 11.8 Å². The molecule has 2 amide bonds. The summed E-state index contributed by atoms with van der Waals surface area (Å²) in [6, 6.07) is 1.79. The van der Waals surface area contributed by atoms with Gasteiger partial charge in [-0.3, -0.25) is 14.0 Å². The number of fused-ring (bicyclic) bond motifs is 1. The predicted molar refractivity (Wildman–Crippen MR) is 98.4 cm³/mol. The Morgan fingerprint density at radius 2 is 2.11 bits per heavy atom. The van der Waals surface area contributed by atoms with Gasteiger partial charge in [0.1, 0.15) is 6.04 Å². The van der Waals surface area contributed by atoms with Crippen LogP contribution in [-0.2, 0) is 9.59 Å². The molecule has 1 aromatic carbocycles. The molecule has 0 saturated heterocycles. The van der Waals surface area contributed by atoms with Gasteiger partial charge in [-0.1, -0.05) is 17.7 Å². The zero-order valence-electron chi connectivity index (χ0n) is 13.9. The highest BCUT2D eigenvalue weighted by atomic mass is 35.5. The van der Waals surface area contributed by atoms with Gasteiger partial charge in [0, 0.05) is 24.7 Å². The summed E-state index contributed by atoms with van der Waals surface area (Å²) in [5.74, 6) is -3.35. The van der Waals surface area contributed by atoms with Gasteiger partial charge in [0.15, 0.2) is 21.7 Å². The molecule has 3 aromatic rings. The number of aromatic nitrogens is 2. The number of halogens is 3. The average molecular weight is 411 g/mol. The molecular formula is C17H13ClF2N4O2S. The van der Waals surface area contributed by atoms with Crippen LogP contribution in [0.25, 0.3) is 11.0 Å². The number of hydrogen-bond acceptors (Lipinski definition) is 4. The van der Waals surface area contributed by atoms with Crippen LogP contribution in [0.15, 0.2) is 35.9 Å². The molecule has 140 valence electrons. The van der Waals surface area contributed by atoms with Gasteiger partial charge in [-0.05, 0) is 23.8 Å². The molecule has 0 spiro atoms. The highest BCUT2D eigenvalue weighted by Crippen LogP contribution is 2.22. The highest BCUT2D eigenvalue weighted by Gasteiger charge is 2.22. The topological polar surface area (TPSA) is 75.5 Å². The lowest BCUT2D eigenvalue weighted by Gasteiger charge is -2.17. The highest BCUT2D eigenvalue weighted by molar-refractivity contribution is 7.15. The van der Waals surface area contributed by atoms with Crippen molar-refractivity contribution < 1.29 is 18.4 Å². The molecule has 0 saturated carbocycles. The first kappa shape index (κ1) is 19.0. The molecule has 0 aliphatic heterocycles. The maximum atomic E-state index is 13.5. The summed E-state index contributed by atoms with van der Waals surface area (Å²) in [5.41, 5.74) is 0.616. The lowest BCUT2D eigenvalue weighted by atomic mass is 10.1. The van der Waals surface area contributed by atoms with Crippen molar-refractivity contribution in [2.45, 2.75) is 6.04 Å². The summed E-state index contributed by atoms with van der Waals surface area (Å²) < 4.78 is 28.3. The van der Waals surface area contributed by atoms with Crippen molar-refractivity contribution in [2.75, 3.05) is 7.05 Å². The predicted octanol–water partition coefficient (Wildman–Crippen LogP) is 2.94. The van der Waals surface area contributed by atoms with E-state index in [9.17, 15) is 18.4 Å². The molecule has 27 heavy (non-hydrogen) atoms. The lowest BCUT2D eigenvalue weighted by Crippen LogP contribution is -2.38. The van der Waals surface area contributed by atoms with Crippen LogP contribution in [0.4, 0.5) is 8.78 Å². The summed E-state index contributed by atoms with van der Waals surface area (Å²) in [4.78, 5) is 29.1. The largest absolute Gasteiger partial charge is 0.357 e. The Balaban J connectivity index is 1.82. The van der Waals surface area contributed by atoms with Gasteiger partial charge in [-0.15, -0.1) is 11.3 Å². The molecule has 0 aliphatic rings. The van der Waals surface area contributed by atoms with Crippen molar-refractivity contribution >= 4 is 45.8 Å². The molecule has 0 aliphatic carbocycles. The van der Waals surface area contributed by atoms with Gasteiger partial charge >= 0.3 is 0 Å². The quantitative estimate of drug-likeness (QED) is 0.635. The fourth-order valence-electron chi connectivity index (χ4n) is 2.41. The van der Waals surface area contributed by atoms with Gasteiger partial charge in [-0.2, -0.15) is 0 Å². The maximum Gasteiger partial charge on any atom is 0.246 e. The zero-order chi connectivity index (χ0) is 19.6. The van der Waals surface area contributed by atoms with E-state index in [1.807, 2.05) is 5.38 Å². The zero-order valence-corrected chi connectivity index (χ0v) is 15.4. The van der Waals surface area contributed by atoms with E-state index in [1.54, 1.807) is 10.6 Å². The number of nitrogens with one attached hydrogen (secondary N) is 2. The summed E-state index contributed by atoms with van der Waals surface area (Å²) >= 11 is 7.44. The van der Waals surface area contributed by atoms with E-state index in [4.69, 9.17) is 11.6 Å². The van der Waals surface area contributed by atoms with Crippen molar-refractivity contribution in [2.24, 2.45) is 0 Å². The van der Waals surface area contributed by atoms with Crippen LogP contribution < -0.4 is 10.6 Å². The number of thiazole rings is 1. The first-order valence-electron chi connectivity index (χ1n) is 7.67. The minimum absolute atomic E-state index is 0.109. The van der Waals surface area contributed by atoms with Gasteiger partial charge < -0.3 is 10.6 Å². The van der Waals surface area contributed by atoms with Crippen LogP contribution in [0.5, 0.6) is 0 Å². The van der Waals surface area contributed by atoms with Crippen molar-refractivity contribution in [1.29, 1.82) is 0 Å². The third-order valence-corrected chi connectivity index (χ3v) is 4.75. The van der Waals surface area contributed by atoms with E-state index in [0.29, 0.717) is 10.7 Å². The number of likely N-dealkylation sites (N-methyl/N-ethyl adjacent to an activating group) is 1. The molecule has 3 rings (SSSR count). The summed E-state index contributed by atoms with van der Waals surface area (Å²) in [7, 11) is 1.37. The lowest BCUT2D eigenvalue weighted by molar-refractivity contribution is -0.126. The molecule has 0 fully saturated rings. The van der Waals surface area contributed by atoms with Crippen LogP contribution in [-0.4, -0.2) is 28.2 Å². The number of carbonyl (C=O) groups excluding carboxylic acids is 2. The fourth-order valence-corrected chi connectivity index (χ4v) is 3.41. The molecule has 1 atom stereocenters. The number of amides is 2. The molecule has 0 bridgehead atoms. The molecule has 2 aromatic heterocycles. The van der Waals surface area contributed by atoms with Crippen molar-refractivity contribution in [3.05, 3.63) is 63.9 Å². The van der Waals surface area contributed by atoms with Gasteiger partial charge in [0.25, 0.3) is 0 Å². The van der Waals surface area contributed by atoms with E-state index in [2.05, 4.69) is 15.6 Å². The number of nitrogens with zero attached hydrogens (tertiary/aromatic N) is 2. The molecule has 6 nitrogen and oxygen atoms in total. The van der Waals surface area contributed by atoms with Crippen LogP contribution in [0, 0.1) is 11.6 Å². The Kier molecular flexibility index (Phi) is 5.52. The van der Waals surface area contributed by atoms with Crippen LogP contribution in [0.1, 0.15) is 17.3 Å². The fraction of sp³-hybridized carbons (Fsp3) is 0.118. The second kappa shape index (κ2) is 7.85. The molecule has 1 unspecified atom stereocenters. The Bertz CT molecular complexity index is 1050. The first-order valence-corrected chi connectivity index (χ1v) is 8.92. The first-order chi connectivity index (χ1) is 12.9. The maximum absolute atomic E-state index is 13.5. The van der Waals surface area contributed by atoms with E-state index in [-0.39, 0.29) is 10.7 Å². The standard InChI is InChI=1S/C17H13ClF2N4O2S/c1-21-16(26)14(9-2-3-10(19)11(20)8-9)22-13(25)5-4-12-15(18)23-17-24(12)6-7-27-17/h2-8,14H,1H3,(H,21,26)(H,22,25). The number of rotatable bonds is 5. The SMILES string of the molecule is CNC(=O)C(NC(=O)C=Cc1c(Cl)nc2sccn12)c1ccc(F)c(F)c1. The average Bonchev–Trinajstić information content (AvgIpc) is 3.20. The smallest absolute Gasteiger partial charge is 0.246 e. The van der Waals surface area contributed by atoms with E-state index < -0.39 is 29.5 Å². The minimum atomic E-state index is -1.19. The van der Waals surface area contributed by atoms with Crippen LogP contribution in [0.2, 0.25) is 5.15 Å². The third kappa shape index (κ3) is 3.99. The molecule has 10 heteroatoms. The molecule has 2 N–H and O–H groups in total. The Morgan fingerprint density at radius 1 is 1.33 bits per heavy atom. The van der Waals surface area contributed by atoms with Crippen molar-refractivity contribution in [3.63, 3.8) is 0 Å². The second-order valence-electron chi connectivity index (χ2n) is 5.41. The third-order valence-electron chi connectivity index (χ3n) is 3.72. The Labute approximate surface area is 161 Å². The van der Waals surface area contributed by atoms with E-state index in [0.717, 1.165) is 12.1 Å². The van der Waals surface area contributed by atoms with Gasteiger partial charge in [0.05, 0.1) is 5.69 Å².